The summed E-state index contributed by atoms with van der Waals surface area (Å²) in [6, 6.07) is 0. The highest BCUT2D eigenvalue weighted by molar-refractivity contribution is 5.37. The lowest BCUT2D eigenvalue weighted by Crippen LogP contribution is -2.48. The van der Waals surface area contributed by atoms with Crippen LogP contribution in [0.4, 0.5) is 0 Å². The molecule has 0 spiro atoms. The number of hydrogen-bond donors (Lipinski definition) is 0. The highest BCUT2D eigenvalue weighted by Crippen LogP contribution is 2.76. The van der Waals surface area contributed by atoms with Crippen molar-refractivity contribution in [2.45, 2.75) is 116 Å². The molecular weight excluding hydrogens is 372 g/mol. The molecule has 178 valence electrons. The van der Waals surface area contributed by atoms with Crippen LogP contribution in [0.25, 0.3) is 0 Å². The smallest absolute Gasteiger partial charge is 0.00626 e. The first-order valence-corrected chi connectivity index (χ1v) is 12.4. The van der Waals surface area contributed by atoms with Crippen LogP contribution in [0.1, 0.15) is 116 Å². The minimum atomic E-state index is -0.0355. The zero-order valence-electron chi connectivity index (χ0n) is 23.5. The summed E-state index contributed by atoms with van der Waals surface area (Å²) in [5.74, 6) is 0. The molecule has 0 N–H and O–H groups in total. The molecule has 1 aliphatic carbocycles. The van der Waals surface area contributed by atoms with Gasteiger partial charge in [-0.15, -0.1) is 0 Å². The quantitative estimate of drug-likeness (QED) is 0.322. The van der Waals surface area contributed by atoms with Gasteiger partial charge in [-0.2, -0.15) is 0 Å². The summed E-state index contributed by atoms with van der Waals surface area (Å²) in [7, 11) is 0. The lowest BCUT2D eigenvalue weighted by Gasteiger charge is -2.54. The van der Waals surface area contributed by atoms with Crippen LogP contribution in [-0.4, -0.2) is 0 Å². The molecule has 0 amide bonds. The fourth-order valence-corrected chi connectivity index (χ4v) is 7.81. The molecule has 0 aromatic heterocycles. The Balaban J connectivity index is 3.50. The third kappa shape index (κ3) is 4.84. The van der Waals surface area contributed by atoms with Gasteiger partial charge in [-0.3, -0.25) is 0 Å². The molecule has 0 heterocycles. The zero-order chi connectivity index (χ0) is 24.7. The van der Waals surface area contributed by atoms with E-state index in [1.807, 2.05) is 0 Å². The van der Waals surface area contributed by atoms with Gasteiger partial charge in [-0.05, 0) is 82.0 Å². The molecule has 1 rings (SSSR count). The number of hydrogen-bond acceptors (Lipinski definition) is 0. The predicted octanol–water partition coefficient (Wildman–Crippen LogP) is 10.3. The minimum Gasteiger partial charge on any atom is -0.0995 e. The molecule has 0 nitrogen and oxygen atoms in total. The van der Waals surface area contributed by atoms with Crippen molar-refractivity contribution in [2.75, 3.05) is 0 Å². The van der Waals surface area contributed by atoms with E-state index in [-0.39, 0.29) is 32.5 Å². The standard InChI is InChI=1S/C31H54/c1-16-17-26(8,9)21-27(10,11)18-19-28(12)22-29(13,20-23(2)3)31(15,25(6)7)30(28,14)24(4)5/h16-17,20H,4,6,18-19,21-22H2,1-3,5,7-15H3. The van der Waals surface area contributed by atoms with Crippen molar-refractivity contribution < 1.29 is 0 Å². The molecule has 4 unspecified atom stereocenters. The summed E-state index contributed by atoms with van der Waals surface area (Å²) < 4.78 is 0. The van der Waals surface area contributed by atoms with Gasteiger partial charge in [-0.25, -0.2) is 0 Å². The molecule has 1 fully saturated rings. The van der Waals surface area contributed by atoms with Gasteiger partial charge in [0.05, 0.1) is 0 Å². The van der Waals surface area contributed by atoms with Crippen molar-refractivity contribution in [1.82, 2.24) is 0 Å². The molecule has 0 bridgehead atoms. The largest absolute Gasteiger partial charge is 0.0995 e. The van der Waals surface area contributed by atoms with Crippen molar-refractivity contribution in [3.8, 4) is 0 Å². The maximum Gasteiger partial charge on any atom is 0.00626 e. The Morgan fingerprint density at radius 2 is 1.35 bits per heavy atom. The Hall–Kier alpha value is -1.04. The van der Waals surface area contributed by atoms with Crippen molar-refractivity contribution in [3.05, 3.63) is 48.1 Å². The van der Waals surface area contributed by atoms with Gasteiger partial charge in [0.2, 0.25) is 0 Å². The third-order valence-electron chi connectivity index (χ3n) is 9.33. The Labute approximate surface area is 196 Å². The van der Waals surface area contributed by atoms with Gasteiger partial charge >= 0.3 is 0 Å². The van der Waals surface area contributed by atoms with Gasteiger partial charge in [0, 0.05) is 10.8 Å². The lowest BCUT2D eigenvalue weighted by atomic mass is 9.49. The van der Waals surface area contributed by atoms with E-state index in [1.165, 1.54) is 42.4 Å². The van der Waals surface area contributed by atoms with Gasteiger partial charge < -0.3 is 0 Å². The lowest BCUT2D eigenvalue weighted by molar-refractivity contribution is 0.0329. The van der Waals surface area contributed by atoms with Crippen LogP contribution in [0, 0.1) is 32.5 Å². The second-order valence-corrected chi connectivity index (χ2v) is 13.5. The van der Waals surface area contributed by atoms with E-state index in [2.05, 4.69) is 121 Å². The molecule has 1 saturated carbocycles. The molecule has 0 aromatic rings. The van der Waals surface area contributed by atoms with Crippen molar-refractivity contribution in [3.63, 3.8) is 0 Å². The Kier molecular flexibility index (Phi) is 7.87. The Bertz CT molecular complexity index is 753. The molecule has 0 heteroatoms. The SMILES string of the molecule is C=C(C)C1(C)C(C)(C=C(C)C)CC(C)(CCC(C)(C)CC(C)(C)C=CC)C1(C)C(=C)C. The van der Waals surface area contributed by atoms with Crippen molar-refractivity contribution >= 4 is 0 Å². The average Bonchev–Trinajstić information content (AvgIpc) is 2.69. The fourth-order valence-electron chi connectivity index (χ4n) is 7.81. The maximum atomic E-state index is 4.58. The molecule has 0 aliphatic heterocycles. The first-order chi connectivity index (χ1) is 13.7. The van der Waals surface area contributed by atoms with E-state index < -0.39 is 0 Å². The maximum absolute atomic E-state index is 4.58. The van der Waals surface area contributed by atoms with Crippen LogP contribution < -0.4 is 0 Å². The van der Waals surface area contributed by atoms with E-state index in [0.717, 1.165) is 0 Å². The first kappa shape index (κ1) is 28.0. The molecule has 0 aromatic carbocycles. The highest BCUT2D eigenvalue weighted by atomic mass is 14.7. The molecule has 0 radical (unpaired) electrons. The van der Waals surface area contributed by atoms with Gasteiger partial charge in [0.15, 0.2) is 0 Å². The molecule has 4 atom stereocenters. The van der Waals surface area contributed by atoms with E-state index in [9.17, 15) is 0 Å². The fraction of sp³-hybridized carbons (Fsp3) is 0.742. The zero-order valence-corrected chi connectivity index (χ0v) is 23.5. The third-order valence-corrected chi connectivity index (χ3v) is 9.33. The van der Waals surface area contributed by atoms with E-state index >= 15 is 0 Å². The van der Waals surface area contributed by atoms with Crippen molar-refractivity contribution in [2.24, 2.45) is 32.5 Å². The summed E-state index contributed by atoms with van der Waals surface area (Å²) in [5, 5.41) is 0. The first-order valence-electron chi connectivity index (χ1n) is 12.4. The Morgan fingerprint density at radius 1 is 0.871 bits per heavy atom. The summed E-state index contributed by atoms with van der Waals surface area (Å²) in [5.41, 5.74) is 4.69. The molecule has 0 saturated heterocycles. The summed E-state index contributed by atoms with van der Waals surface area (Å²) >= 11 is 0. The second-order valence-electron chi connectivity index (χ2n) is 13.5. The summed E-state index contributed by atoms with van der Waals surface area (Å²) in [6.07, 6.45) is 11.9. The van der Waals surface area contributed by atoms with Crippen LogP contribution in [0.2, 0.25) is 0 Å². The summed E-state index contributed by atoms with van der Waals surface area (Å²) in [4.78, 5) is 0. The average molecular weight is 427 g/mol. The van der Waals surface area contributed by atoms with E-state index in [0.29, 0.717) is 0 Å². The van der Waals surface area contributed by atoms with E-state index in [1.54, 1.807) is 0 Å². The molecular formula is C31H54. The van der Waals surface area contributed by atoms with Gasteiger partial charge in [-0.1, -0.05) is 103 Å². The Morgan fingerprint density at radius 3 is 1.74 bits per heavy atom. The highest BCUT2D eigenvalue weighted by Gasteiger charge is 2.69. The van der Waals surface area contributed by atoms with Crippen molar-refractivity contribution in [1.29, 1.82) is 0 Å². The van der Waals surface area contributed by atoms with Gasteiger partial charge in [0.25, 0.3) is 0 Å². The normalized spacial score (nSPS) is 34.2. The topological polar surface area (TPSA) is 0 Å². The van der Waals surface area contributed by atoms with Crippen LogP contribution in [0.15, 0.2) is 48.1 Å². The predicted molar refractivity (Wildman–Crippen MR) is 142 cm³/mol. The molecule has 31 heavy (non-hydrogen) atoms. The van der Waals surface area contributed by atoms with Crippen LogP contribution in [0.3, 0.4) is 0 Å². The molecule has 1 aliphatic rings. The van der Waals surface area contributed by atoms with E-state index in [4.69, 9.17) is 0 Å². The number of rotatable bonds is 9. The van der Waals surface area contributed by atoms with Gasteiger partial charge in [0.1, 0.15) is 0 Å². The monoisotopic (exact) mass is 426 g/mol. The number of allylic oxidation sites excluding steroid dienone is 6. The second kappa shape index (κ2) is 8.72. The summed E-state index contributed by atoms with van der Waals surface area (Å²) in [6.45, 7) is 39.9. The van der Waals surface area contributed by atoms with Crippen LogP contribution in [0.5, 0.6) is 0 Å². The van der Waals surface area contributed by atoms with Crippen LogP contribution >= 0.6 is 0 Å². The van der Waals surface area contributed by atoms with Crippen LogP contribution in [-0.2, 0) is 0 Å². The minimum absolute atomic E-state index is 0.0124.